The second kappa shape index (κ2) is 7.52. The van der Waals surface area contributed by atoms with E-state index in [1.807, 2.05) is 0 Å². The van der Waals surface area contributed by atoms with E-state index in [4.69, 9.17) is 17.3 Å². The Morgan fingerprint density at radius 2 is 1.80 bits per heavy atom. The third-order valence-corrected chi connectivity index (χ3v) is 9.16. The van der Waals surface area contributed by atoms with Crippen molar-refractivity contribution in [3.05, 3.63) is 35.9 Å². The summed E-state index contributed by atoms with van der Waals surface area (Å²) < 4.78 is 0. The second-order valence-electron chi connectivity index (χ2n) is 12.1. The topological polar surface area (TPSA) is 46.3 Å². The van der Waals surface area contributed by atoms with E-state index in [9.17, 15) is 4.79 Å². The molecular weight excluding hydrogens is 392 g/mol. The standard InChI is InChI=1S/C26H39ClN2O/c1-23(2)18-29(11-10-21(23)28)22(30)25(4)13-19-12-24(3,17-27)15-26(14-19,16-25)20-8-6-5-7-9-20/h5-9,19,21H,10-18,28H2,1-4H3. The number of fused-ring (bicyclic) bond motifs is 2. The number of nitrogens with two attached hydrogens (primary N) is 1. The molecule has 2 N–H and O–H groups in total. The van der Waals surface area contributed by atoms with Crippen LogP contribution in [0.5, 0.6) is 0 Å². The Labute approximate surface area is 187 Å². The lowest BCUT2D eigenvalue weighted by molar-refractivity contribution is -0.152. The number of carbonyl (C=O) groups excluding carboxylic acids is 1. The van der Waals surface area contributed by atoms with Crippen LogP contribution in [0.15, 0.2) is 30.3 Å². The molecule has 3 fully saturated rings. The van der Waals surface area contributed by atoms with Gasteiger partial charge in [0, 0.05) is 30.4 Å². The van der Waals surface area contributed by atoms with Crippen LogP contribution in [0.25, 0.3) is 0 Å². The molecule has 1 saturated heterocycles. The Bertz CT molecular complexity index is 795. The first-order valence-corrected chi connectivity index (χ1v) is 12.2. The molecular formula is C26H39ClN2O. The maximum atomic E-state index is 14.0. The zero-order valence-electron chi connectivity index (χ0n) is 19.2. The van der Waals surface area contributed by atoms with E-state index in [0.717, 1.165) is 45.2 Å². The lowest BCUT2D eigenvalue weighted by Gasteiger charge is -2.58. The average molecular weight is 431 g/mol. The molecule has 1 aromatic rings. The van der Waals surface area contributed by atoms with Gasteiger partial charge < -0.3 is 10.6 Å². The molecule has 5 unspecified atom stereocenters. The maximum Gasteiger partial charge on any atom is 0.228 e. The monoisotopic (exact) mass is 430 g/mol. The van der Waals surface area contributed by atoms with Crippen LogP contribution in [0.2, 0.25) is 0 Å². The second-order valence-corrected chi connectivity index (χ2v) is 12.4. The number of hydrogen-bond acceptors (Lipinski definition) is 2. The number of piperidine rings is 1. The molecule has 2 saturated carbocycles. The van der Waals surface area contributed by atoms with Crippen LogP contribution < -0.4 is 5.73 Å². The van der Waals surface area contributed by atoms with Gasteiger partial charge in [-0.3, -0.25) is 4.79 Å². The van der Waals surface area contributed by atoms with Crippen molar-refractivity contribution in [3.8, 4) is 0 Å². The quantitative estimate of drug-likeness (QED) is 0.656. The van der Waals surface area contributed by atoms with Gasteiger partial charge in [0.25, 0.3) is 0 Å². The highest BCUT2D eigenvalue weighted by Crippen LogP contribution is 2.61. The highest BCUT2D eigenvalue weighted by atomic mass is 35.5. The minimum Gasteiger partial charge on any atom is -0.342 e. The van der Waals surface area contributed by atoms with Crippen molar-refractivity contribution in [2.45, 2.75) is 77.7 Å². The molecule has 166 valence electrons. The van der Waals surface area contributed by atoms with E-state index in [1.165, 1.54) is 12.0 Å². The largest absolute Gasteiger partial charge is 0.342 e. The van der Waals surface area contributed by atoms with Gasteiger partial charge in [0.2, 0.25) is 5.91 Å². The van der Waals surface area contributed by atoms with Crippen LogP contribution in [0.4, 0.5) is 0 Å². The van der Waals surface area contributed by atoms with Gasteiger partial charge in [0.05, 0.1) is 0 Å². The molecule has 1 amide bonds. The molecule has 2 bridgehead atoms. The minimum absolute atomic E-state index is 0.0247. The molecule has 2 aliphatic carbocycles. The molecule has 4 rings (SSSR count). The molecule has 3 nitrogen and oxygen atoms in total. The number of benzene rings is 1. The van der Waals surface area contributed by atoms with Gasteiger partial charge in [0.15, 0.2) is 0 Å². The summed E-state index contributed by atoms with van der Waals surface area (Å²) in [6, 6.07) is 11.1. The van der Waals surface area contributed by atoms with Crippen molar-refractivity contribution in [1.29, 1.82) is 0 Å². The van der Waals surface area contributed by atoms with Crippen LogP contribution in [-0.4, -0.2) is 35.8 Å². The summed E-state index contributed by atoms with van der Waals surface area (Å²) in [5.74, 6) is 1.59. The van der Waals surface area contributed by atoms with E-state index in [-0.39, 0.29) is 27.7 Å². The third kappa shape index (κ3) is 3.81. The molecule has 1 aromatic carbocycles. The van der Waals surface area contributed by atoms with Crippen molar-refractivity contribution in [1.82, 2.24) is 4.90 Å². The van der Waals surface area contributed by atoms with E-state index in [1.54, 1.807) is 0 Å². The Balaban J connectivity index is 1.67. The first-order chi connectivity index (χ1) is 14.0. The van der Waals surface area contributed by atoms with Gasteiger partial charge >= 0.3 is 0 Å². The fourth-order valence-electron chi connectivity index (χ4n) is 7.33. The van der Waals surface area contributed by atoms with Crippen LogP contribution in [0.3, 0.4) is 0 Å². The van der Waals surface area contributed by atoms with Crippen molar-refractivity contribution in [3.63, 3.8) is 0 Å². The Kier molecular flexibility index (Phi) is 5.55. The summed E-state index contributed by atoms with van der Waals surface area (Å²) >= 11 is 6.50. The summed E-state index contributed by atoms with van der Waals surface area (Å²) in [7, 11) is 0. The lowest BCUT2D eigenvalue weighted by atomic mass is 9.47. The van der Waals surface area contributed by atoms with Crippen molar-refractivity contribution in [2.75, 3.05) is 19.0 Å². The Hall–Kier alpha value is -1.06. The third-order valence-electron chi connectivity index (χ3n) is 8.52. The molecule has 5 atom stereocenters. The number of carbonyl (C=O) groups is 1. The Morgan fingerprint density at radius 1 is 1.10 bits per heavy atom. The van der Waals surface area contributed by atoms with Gasteiger partial charge in [0.1, 0.15) is 0 Å². The van der Waals surface area contributed by atoms with Gasteiger partial charge in [-0.25, -0.2) is 0 Å². The number of likely N-dealkylation sites (tertiary alicyclic amines) is 1. The molecule has 4 heteroatoms. The molecule has 30 heavy (non-hydrogen) atoms. The fourth-order valence-corrected chi connectivity index (χ4v) is 7.53. The first kappa shape index (κ1) is 22.1. The van der Waals surface area contributed by atoms with E-state index >= 15 is 0 Å². The number of amides is 1. The molecule has 0 radical (unpaired) electrons. The van der Waals surface area contributed by atoms with Gasteiger partial charge in [-0.2, -0.15) is 0 Å². The zero-order valence-corrected chi connectivity index (χ0v) is 20.0. The van der Waals surface area contributed by atoms with Gasteiger partial charge in [-0.15, -0.1) is 11.6 Å². The normalized spacial score (nSPS) is 40.8. The number of hydrogen-bond donors (Lipinski definition) is 1. The number of nitrogens with zero attached hydrogens (tertiary/aromatic N) is 1. The average Bonchev–Trinajstić information content (AvgIpc) is 2.69. The van der Waals surface area contributed by atoms with Crippen LogP contribution in [-0.2, 0) is 10.2 Å². The molecule has 0 aromatic heterocycles. The summed E-state index contributed by atoms with van der Waals surface area (Å²) in [5, 5.41) is 0. The number of halogens is 1. The van der Waals surface area contributed by atoms with Gasteiger partial charge in [-0.1, -0.05) is 58.0 Å². The van der Waals surface area contributed by atoms with E-state index < -0.39 is 0 Å². The van der Waals surface area contributed by atoms with Crippen LogP contribution >= 0.6 is 11.6 Å². The molecule has 1 heterocycles. The molecule has 0 spiro atoms. The smallest absolute Gasteiger partial charge is 0.228 e. The summed E-state index contributed by atoms with van der Waals surface area (Å²) in [4.78, 5) is 16.1. The zero-order chi connectivity index (χ0) is 21.8. The van der Waals surface area contributed by atoms with Crippen molar-refractivity contribution in [2.24, 2.45) is 27.9 Å². The highest BCUT2D eigenvalue weighted by Gasteiger charge is 2.57. The summed E-state index contributed by atoms with van der Waals surface area (Å²) in [5.41, 5.74) is 7.59. The minimum atomic E-state index is -0.316. The van der Waals surface area contributed by atoms with Crippen LogP contribution in [0.1, 0.15) is 71.8 Å². The van der Waals surface area contributed by atoms with Crippen molar-refractivity contribution >= 4 is 17.5 Å². The number of alkyl halides is 1. The number of rotatable bonds is 3. The fraction of sp³-hybridized carbons (Fsp3) is 0.731. The Morgan fingerprint density at radius 3 is 2.43 bits per heavy atom. The van der Waals surface area contributed by atoms with E-state index in [2.05, 4.69) is 62.9 Å². The van der Waals surface area contributed by atoms with Crippen LogP contribution in [0, 0.1) is 22.2 Å². The van der Waals surface area contributed by atoms with Gasteiger partial charge in [-0.05, 0) is 66.3 Å². The summed E-state index contributed by atoms with van der Waals surface area (Å²) in [6.07, 6.45) is 6.19. The first-order valence-electron chi connectivity index (χ1n) is 11.7. The van der Waals surface area contributed by atoms with E-state index in [0.29, 0.717) is 17.7 Å². The maximum absolute atomic E-state index is 14.0. The summed E-state index contributed by atoms with van der Waals surface area (Å²) in [6.45, 7) is 10.6. The SMILES string of the molecule is CC1(CCl)CC2CC(C)(C(=O)N3CCC(N)C(C)(C)C3)CC(c3ccccc3)(C2)C1. The molecule has 1 aliphatic heterocycles. The highest BCUT2D eigenvalue weighted by molar-refractivity contribution is 6.18. The predicted octanol–water partition coefficient (Wildman–Crippen LogP) is 5.36. The predicted molar refractivity (Wildman–Crippen MR) is 125 cm³/mol. The lowest BCUT2D eigenvalue weighted by Crippen LogP contribution is -2.59. The molecule has 3 aliphatic rings. The van der Waals surface area contributed by atoms with Crippen molar-refractivity contribution < 1.29 is 4.79 Å².